The van der Waals surface area contributed by atoms with Crippen LogP contribution in [0.4, 0.5) is 13.2 Å². The number of hydrogen-bond acceptors (Lipinski definition) is 3. The lowest BCUT2D eigenvalue weighted by Gasteiger charge is -2.43. The molecule has 1 N–H and O–H groups in total. The summed E-state index contributed by atoms with van der Waals surface area (Å²) in [5, 5.41) is 13.3. The van der Waals surface area contributed by atoms with Crippen molar-refractivity contribution in [3.8, 4) is 0 Å². The van der Waals surface area contributed by atoms with Crippen LogP contribution in [-0.4, -0.2) is 44.4 Å². The molecule has 2 fully saturated rings. The molecular weight excluding hydrogens is 335 g/mol. The molecule has 1 saturated carbocycles. The Morgan fingerprint density at radius 2 is 1.96 bits per heavy atom. The number of piperidine rings is 1. The lowest BCUT2D eigenvalue weighted by molar-refractivity contribution is -0.151. The molecule has 3 rings (SSSR count). The summed E-state index contributed by atoms with van der Waals surface area (Å²) in [6.07, 6.45) is -1.29. The van der Waals surface area contributed by atoms with Gasteiger partial charge >= 0.3 is 6.18 Å². The average molecular weight is 359 g/mol. The monoisotopic (exact) mass is 359 g/mol. The van der Waals surface area contributed by atoms with E-state index in [-0.39, 0.29) is 17.7 Å². The van der Waals surface area contributed by atoms with Crippen LogP contribution in [0.3, 0.4) is 0 Å². The highest BCUT2D eigenvalue weighted by molar-refractivity contribution is 5.80. The van der Waals surface area contributed by atoms with E-state index in [4.69, 9.17) is 0 Å². The fraction of sp³-hybridized carbons (Fsp3) is 0.765. The van der Waals surface area contributed by atoms with Crippen molar-refractivity contribution >= 4 is 5.91 Å². The number of amides is 1. The van der Waals surface area contributed by atoms with E-state index < -0.39 is 17.5 Å². The van der Waals surface area contributed by atoms with Gasteiger partial charge in [0.15, 0.2) is 5.69 Å². The fourth-order valence-corrected chi connectivity index (χ4v) is 3.92. The van der Waals surface area contributed by atoms with E-state index in [1.54, 1.807) is 6.92 Å². The number of aromatic nitrogens is 2. The third-order valence-electron chi connectivity index (χ3n) is 5.41. The number of hydrogen-bond donors (Lipinski definition) is 1. The lowest BCUT2D eigenvalue weighted by atomic mass is 9.71. The predicted octanol–water partition coefficient (Wildman–Crippen LogP) is 2.38. The number of carbonyl (C=O) groups is 1. The molecule has 1 amide bonds. The minimum Gasteiger partial charge on any atom is -0.390 e. The van der Waals surface area contributed by atoms with E-state index in [0.717, 1.165) is 18.9 Å². The van der Waals surface area contributed by atoms with Crippen molar-refractivity contribution in [3.05, 3.63) is 17.5 Å². The summed E-state index contributed by atoms with van der Waals surface area (Å²) in [7, 11) is 1.53. The van der Waals surface area contributed by atoms with Crippen molar-refractivity contribution in [2.75, 3.05) is 13.1 Å². The topological polar surface area (TPSA) is 58.4 Å². The Hall–Kier alpha value is -1.57. The summed E-state index contributed by atoms with van der Waals surface area (Å²) in [6.45, 7) is 3.00. The number of aryl methyl sites for hydroxylation is 1. The molecular formula is C17H24F3N3O2. The zero-order chi connectivity index (χ0) is 18.4. The first-order chi connectivity index (χ1) is 11.5. The Bertz CT molecular complexity index is 638. The number of likely N-dealkylation sites (tertiary alicyclic amines) is 1. The standard InChI is InChI=1S/C17H24F3N3O2/c1-16(25)9-12(10-16)15(24)23-5-3-11(4-6-23)7-13-8-14(17(18,19)20)21-22(13)2/h8,11-12,25H,3-7,9-10H2,1-2H3. The molecule has 1 saturated heterocycles. The summed E-state index contributed by atoms with van der Waals surface area (Å²) in [5.74, 6) is 0.271. The molecule has 2 aliphatic rings. The minimum atomic E-state index is -4.42. The summed E-state index contributed by atoms with van der Waals surface area (Å²) in [6, 6.07) is 1.12. The Balaban J connectivity index is 1.52. The molecule has 140 valence electrons. The van der Waals surface area contributed by atoms with Crippen molar-refractivity contribution in [3.63, 3.8) is 0 Å². The Morgan fingerprint density at radius 3 is 2.44 bits per heavy atom. The number of rotatable bonds is 3. The van der Waals surface area contributed by atoms with Gasteiger partial charge in [0, 0.05) is 31.7 Å². The Labute approximate surface area is 144 Å². The Morgan fingerprint density at radius 1 is 1.36 bits per heavy atom. The van der Waals surface area contributed by atoms with E-state index in [1.807, 2.05) is 4.90 Å². The number of halogens is 3. The molecule has 0 atom stereocenters. The van der Waals surface area contributed by atoms with Gasteiger partial charge in [0.2, 0.25) is 5.91 Å². The molecule has 25 heavy (non-hydrogen) atoms. The first-order valence-electron chi connectivity index (χ1n) is 8.66. The van der Waals surface area contributed by atoms with Crippen LogP contribution < -0.4 is 0 Å². The fourth-order valence-electron chi connectivity index (χ4n) is 3.92. The zero-order valence-corrected chi connectivity index (χ0v) is 14.5. The summed E-state index contributed by atoms with van der Waals surface area (Å²) >= 11 is 0. The number of aliphatic hydroxyl groups is 1. The average Bonchev–Trinajstić information content (AvgIpc) is 2.86. The van der Waals surface area contributed by atoms with Crippen molar-refractivity contribution in [2.45, 2.75) is 50.8 Å². The highest BCUT2D eigenvalue weighted by atomic mass is 19.4. The van der Waals surface area contributed by atoms with Gasteiger partial charge in [-0.05, 0) is 51.0 Å². The van der Waals surface area contributed by atoms with Gasteiger partial charge in [0.05, 0.1) is 5.60 Å². The molecule has 1 aliphatic heterocycles. The molecule has 2 heterocycles. The van der Waals surface area contributed by atoms with Crippen LogP contribution >= 0.6 is 0 Å². The van der Waals surface area contributed by atoms with Gasteiger partial charge in [0.25, 0.3) is 0 Å². The van der Waals surface area contributed by atoms with Crippen molar-refractivity contribution in [1.29, 1.82) is 0 Å². The summed E-state index contributed by atoms with van der Waals surface area (Å²) in [4.78, 5) is 14.2. The SMILES string of the molecule is Cn1nc(C(F)(F)F)cc1CC1CCN(C(=O)C2CC(C)(O)C2)CC1. The van der Waals surface area contributed by atoms with E-state index in [9.17, 15) is 23.1 Å². The van der Waals surface area contributed by atoms with Gasteiger partial charge in [-0.1, -0.05) is 0 Å². The highest BCUT2D eigenvalue weighted by Crippen LogP contribution is 2.39. The van der Waals surface area contributed by atoms with Gasteiger partial charge in [0.1, 0.15) is 0 Å². The molecule has 5 nitrogen and oxygen atoms in total. The second kappa shape index (κ2) is 6.30. The van der Waals surface area contributed by atoms with Crippen molar-refractivity contribution < 1.29 is 23.1 Å². The second-order valence-corrected chi connectivity index (χ2v) is 7.72. The molecule has 1 aromatic heterocycles. The first-order valence-corrected chi connectivity index (χ1v) is 8.66. The van der Waals surface area contributed by atoms with Crippen LogP contribution in [0.2, 0.25) is 0 Å². The van der Waals surface area contributed by atoms with Gasteiger partial charge in [-0.25, -0.2) is 0 Å². The molecule has 1 aliphatic carbocycles. The molecule has 0 unspecified atom stereocenters. The van der Waals surface area contributed by atoms with Gasteiger partial charge in [-0.3, -0.25) is 9.48 Å². The number of carbonyl (C=O) groups excluding carboxylic acids is 1. The van der Waals surface area contributed by atoms with Crippen LogP contribution in [-0.2, 0) is 24.4 Å². The molecule has 1 aromatic rings. The summed E-state index contributed by atoms with van der Waals surface area (Å²) in [5.41, 5.74) is -0.990. The third-order valence-corrected chi connectivity index (χ3v) is 5.41. The molecule has 0 radical (unpaired) electrons. The predicted molar refractivity (Wildman–Crippen MR) is 84.6 cm³/mol. The quantitative estimate of drug-likeness (QED) is 0.902. The molecule has 0 aromatic carbocycles. The minimum absolute atomic E-state index is 0.0852. The highest BCUT2D eigenvalue weighted by Gasteiger charge is 2.44. The van der Waals surface area contributed by atoms with Crippen LogP contribution in [0.5, 0.6) is 0 Å². The van der Waals surface area contributed by atoms with Crippen LogP contribution in [0.25, 0.3) is 0 Å². The summed E-state index contributed by atoms with van der Waals surface area (Å²) < 4.78 is 39.5. The zero-order valence-electron chi connectivity index (χ0n) is 14.5. The van der Waals surface area contributed by atoms with Gasteiger partial charge < -0.3 is 10.0 Å². The van der Waals surface area contributed by atoms with E-state index in [0.29, 0.717) is 38.0 Å². The number of alkyl halides is 3. The normalized spacial score (nSPS) is 28.1. The first kappa shape index (κ1) is 18.2. The van der Waals surface area contributed by atoms with Gasteiger partial charge in [-0.2, -0.15) is 18.3 Å². The lowest BCUT2D eigenvalue weighted by Crippen LogP contribution is -2.51. The third kappa shape index (κ3) is 3.99. The maximum absolute atomic E-state index is 12.7. The Kier molecular flexibility index (Phi) is 4.59. The molecule has 8 heteroatoms. The maximum atomic E-state index is 12.7. The van der Waals surface area contributed by atoms with E-state index in [1.165, 1.54) is 11.7 Å². The van der Waals surface area contributed by atoms with Crippen LogP contribution in [0.1, 0.15) is 44.0 Å². The van der Waals surface area contributed by atoms with Crippen molar-refractivity contribution in [2.24, 2.45) is 18.9 Å². The van der Waals surface area contributed by atoms with Crippen LogP contribution in [0, 0.1) is 11.8 Å². The maximum Gasteiger partial charge on any atom is 0.435 e. The number of nitrogens with zero attached hydrogens (tertiary/aromatic N) is 3. The van der Waals surface area contributed by atoms with E-state index in [2.05, 4.69) is 5.10 Å². The molecule has 0 spiro atoms. The van der Waals surface area contributed by atoms with E-state index >= 15 is 0 Å². The van der Waals surface area contributed by atoms with Gasteiger partial charge in [-0.15, -0.1) is 0 Å². The van der Waals surface area contributed by atoms with Crippen LogP contribution in [0.15, 0.2) is 6.07 Å². The largest absolute Gasteiger partial charge is 0.435 e. The second-order valence-electron chi connectivity index (χ2n) is 7.72. The molecule has 0 bridgehead atoms. The smallest absolute Gasteiger partial charge is 0.390 e. The van der Waals surface area contributed by atoms with Crippen molar-refractivity contribution in [1.82, 2.24) is 14.7 Å².